The first kappa shape index (κ1) is 26.2. The van der Waals surface area contributed by atoms with Crippen LogP contribution in [0.2, 0.25) is 5.02 Å². The van der Waals surface area contributed by atoms with Crippen LogP contribution < -0.4 is 14.4 Å². The number of hydrogen-bond donors (Lipinski definition) is 0. The first-order valence-electron chi connectivity index (χ1n) is 13.7. The fourth-order valence-electron chi connectivity index (χ4n) is 7.16. The third-order valence-corrected chi connectivity index (χ3v) is 9.22. The summed E-state index contributed by atoms with van der Waals surface area (Å²) in [6.45, 7) is 0. The molecule has 1 spiro atoms. The fourth-order valence-corrected chi connectivity index (χ4v) is 7.39. The number of Topliss-reactive ketones (excluding diaryl/α,β-unsaturated/α-hetero) is 3. The molecule has 7 rings (SSSR count). The monoisotopic (exact) mass is 575 g/mol. The summed E-state index contributed by atoms with van der Waals surface area (Å²) in [6.07, 6.45) is 3.84. The molecule has 0 radical (unpaired) electrons. The van der Waals surface area contributed by atoms with Gasteiger partial charge in [0.05, 0.1) is 25.3 Å². The van der Waals surface area contributed by atoms with Gasteiger partial charge in [0.25, 0.3) is 0 Å². The summed E-state index contributed by atoms with van der Waals surface area (Å²) >= 11 is 6.61. The molecule has 0 unspecified atom stereocenters. The van der Waals surface area contributed by atoms with E-state index in [9.17, 15) is 14.4 Å². The van der Waals surface area contributed by atoms with E-state index >= 15 is 0 Å². The zero-order chi connectivity index (χ0) is 29.2. The average molecular weight is 576 g/mol. The van der Waals surface area contributed by atoms with E-state index in [4.69, 9.17) is 21.1 Å². The van der Waals surface area contributed by atoms with E-state index in [2.05, 4.69) is 0 Å². The molecule has 1 aliphatic carbocycles. The molecule has 42 heavy (non-hydrogen) atoms. The largest absolute Gasteiger partial charge is 0.493 e. The number of benzene rings is 4. The fraction of sp³-hybridized carbons (Fsp3) is 0.171. The normalized spacial score (nSPS) is 21.2. The molecule has 4 aromatic carbocycles. The lowest BCUT2D eigenvalue weighted by atomic mass is 9.64. The van der Waals surface area contributed by atoms with Crippen molar-refractivity contribution >= 4 is 40.7 Å². The third kappa shape index (κ3) is 3.42. The van der Waals surface area contributed by atoms with Crippen LogP contribution in [-0.2, 0) is 0 Å². The lowest BCUT2D eigenvalue weighted by molar-refractivity contribution is 0.0665. The Bertz CT molecular complexity index is 1790. The highest BCUT2D eigenvalue weighted by Gasteiger charge is 2.71. The zero-order valence-electron chi connectivity index (χ0n) is 22.9. The molecule has 1 fully saturated rings. The van der Waals surface area contributed by atoms with Gasteiger partial charge in [0.1, 0.15) is 11.5 Å². The molecular weight excluding hydrogens is 550 g/mol. The number of para-hydroxylation sites is 1. The number of rotatable bonds is 5. The predicted molar refractivity (Wildman–Crippen MR) is 161 cm³/mol. The minimum Gasteiger partial charge on any atom is -0.493 e. The van der Waals surface area contributed by atoms with Gasteiger partial charge in [0.2, 0.25) is 0 Å². The van der Waals surface area contributed by atoms with Crippen molar-refractivity contribution in [2.45, 2.75) is 18.0 Å². The van der Waals surface area contributed by atoms with E-state index in [1.807, 2.05) is 47.4 Å². The van der Waals surface area contributed by atoms with Crippen LogP contribution in [0.25, 0.3) is 6.08 Å². The maximum atomic E-state index is 14.8. The molecule has 0 N–H and O–H groups in total. The predicted octanol–water partition coefficient (Wildman–Crippen LogP) is 6.67. The first-order valence-corrected chi connectivity index (χ1v) is 14.1. The molecule has 3 aliphatic rings. The lowest BCUT2D eigenvalue weighted by Crippen LogP contribution is -2.48. The van der Waals surface area contributed by atoms with Crippen molar-refractivity contribution < 1.29 is 23.9 Å². The summed E-state index contributed by atoms with van der Waals surface area (Å²) in [4.78, 5) is 46.3. The van der Waals surface area contributed by atoms with Gasteiger partial charge in [-0.2, -0.15) is 0 Å². The quantitative estimate of drug-likeness (QED) is 0.195. The second kappa shape index (κ2) is 9.71. The molecule has 4 aromatic rings. The van der Waals surface area contributed by atoms with Crippen LogP contribution in [0.4, 0.5) is 5.69 Å². The summed E-state index contributed by atoms with van der Waals surface area (Å²) in [5, 5.41) is 0.305. The van der Waals surface area contributed by atoms with E-state index < -0.39 is 23.4 Å². The van der Waals surface area contributed by atoms with Crippen molar-refractivity contribution in [1.82, 2.24) is 0 Å². The highest BCUT2D eigenvalue weighted by atomic mass is 35.5. The van der Waals surface area contributed by atoms with Crippen molar-refractivity contribution in [3.8, 4) is 11.5 Å². The summed E-state index contributed by atoms with van der Waals surface area (Å²) in [5.74, 6) is -0.811. The number of ketones is 3. The van der Waals surface area contributed by atoms with Crippen LogP contribution in [0.3, 0.4) is 0 Å². The molecule has 208 valence electrons. The molecule has 7 heteroatoms. The van der Waals surface area contributed by atoms with E-state index in [0.29, 0.717) is 38.8 Å². The van der Waals surface area contributed by atoms with Gasteiger partial charge in [-0.1, -0.05) is 84.4 Å². The second-order valence-electron chi connectivity index (χ2n) is 10.7. The molecule has 6 nitrogen and oxygen atoms in total. The number of halogens is 1. The van der Waals surface area contributed by atoms with E-state index in [-0.39, 0.29) is 17.3 Å². The summed E-state index contributed by atoms with van der Waals surface area (Å²) in [6, 6.07) is 25.2. The lowest BCUT2D eigenvalue weighted by Gasteiger charge is -2.37. The highest BCUT2D eigenvalue weighted by Crippen LogP contribution is 2.61. The second-order valence-corrected chi connectivity index (χ2v) is 11.1. The van der Waals surface area contributed by atoms with E-state index in [0.717, 1.165) is 11.3 Å². The topological polar surface area (TPSA) is 72.9 Å². The number of carbonyl (C=O) groups is 3. The van der Waals surface area contributed by atoms with Gasteiger partial charge in [-0.05, 0) is 41.5 Å². The Morgan fingerprint density at radius 3 is 2.14 bits per heavy atom. The van der Waals surface area contributed by atoms with Crippen LogP contribution in [0.5, 0.6) is 11.5 Å². The van der Waals surface area contributed by atoms with Gasteiger partial charge >= 0.3 is 0 Å². The van der Waals surface area contributed by atoms with Crippen LogP contribution in [0, 0.1) is 5.41 Å². The van der Waals surface area contributed by atoms with Crippen LogP contribution >= 0.6 is 11.6 Å². The minimum absolute atomic E-state index is 0.274. The molecule has 0 saturated carbocycles. The third-order valence-electron chi connectivity index (χ3n) is 8.89. The average Bonchev–Trinajstić information content (AvgIpc) is 3.46. The summed E-state index contributed by atoms with van der Waals surface area (Å²) < 4.78 is 11.1. The van der Waals surface area contributed by atoms with Gasteiger partial charge < -0.3 is 14.4 Å². The van der Waals surface area contributed by atoms with E-state index in [1.165, 1.54) is 7.11 Å². The number of anilines is 1. The Labute approximate surface area is 248 Å². The number of hydrogen-bond acceptors (Lipinski definition) is 6. The Morgan fingerprint density at radius 2 is 1.45 bits per heavy atom. The van der Waals surface area contributed by atoms with Crippen molar-refractivity contribution in [3.63, 3.8) is 0 Å². The minimum atomic E-state index is -1.62. The summed E-state index contributed by atoms with van der Waals surface area (Å²) in [7, 11) is 3.07. The Morgan fingerprint density at radius 1 is 0.810 bits per heavy atom. The Hall–Kier alpha value is -4.68. The highest BCUT2D eigenvalue weighted by molar-refractivity contribution is 6.35. The maximum absolute atomic E-state index is 14.8. The Kier molecular flexibility index (Phi) is 6.06. The molecular formula is C35H26ClNO5. The van der Waals surface area contributed by atoms with Gasteiger partial charge in [-0.3, -0.25) is 14.4 Å². The molecule has 3 atom stereocenters. The molecule has 2 aliphatic heterocycles. The Balaban J connectivity index is 1.57. The number of carbonyl (C=O) groups excluding carboxylic acids is 3. The van der Waals surface area contributed by atoms with Gasteiger partial charge in [0.15, 0.2) is 28.8 Å². The van der Waals surface area contributed by atoms with E-state index in [1.54, 1.807) is 67.8 Å². The smallest absolute Gasteiger partial charge is 0.187 e. The molecule has 0 aromatic heterocycles. The number of methoxy groups -OCH3 is 2. The van der Waals surface area contributed by atoms with Crippen molar-refractivity contribution in [3.05, 3.63) is 130 Å². The number of nitrogens with zero attached hydrogens (tertiary/aromatic N) is 1. The first-order chi connectivity index (χ1) is 20.4. The zero-order valence-corrected chi connectivity index (χ0v) is 23.7. The molecule has 0 amide bonds. The number of fused-ring (bicyclic) bond motifs is 5. The maximum Gasteiger partial charge on any atom is 0.187 e. The van der Waals surface area contributed by atoms with Crippen molar-refractivity contribution in [1.29, 1.82) is 0 Å². The molecule has 0 bridgehead atoms. The van der Waals surface area contributed by atoms with Crippen LogP contribution in [0.1, 0.15) is 48.1 Å². The van der Waals surface area contributed by atoms with Crippen molar-refractivity contribution in [2.24, 2.45) is 5.41 Å². The SMILES string of the molecule is COc1ccc([C@@H]2[C@@H](C(=O)c3ccccc3Cl)N3c4ccccc4C=C[C@H]3C23C(=O)c2ccccc2C3=O)cc1OC. The van der Waals surface area contributed by atoms with Crippen LogP contribution in [0.15, 0.2) is 97.1 Å². The number of ether oxygens (including phenoxy) is 2. The van der Waals surface area contributed by atoms with Gasteiger partial charge in [-0.15, -0.1) is 0 Å². The molecule has 2 heterocycles. The summed E-state index contributed by atoms with van der Waals surface area (Å²) in [5.41, 5.74) is 1.73. The van der Waals surface area contributed by atoms with Gasteiger partial charge in [0, 0.05) is 28.3 Å². The van der Waals surface area contributed by atoms with Crippen LogP contribution in [-0.4, -0.2) is 43.7 Å². The standard InChI is InChI=1S/C35H26ClNO5/c1-41-27-17-15-21(19-28(27)42-2)30-31(32(38)24-12-6-7-13-25(24)36)37-26-14-8-3-9-20(26)16-18-29(37)35(30)33(39)22-10-4-5-11-23(22)34(35)40/h3-19,29-31H,1-2H3/t29-,30+,31-/m0/s1. The molecule has 1 saturated heterocycles. The van der Waals surface area contributed by atoms with Gasteiger partial charge in [-0.25, -0.2) is 0 Å². The van der Waals surface area contributed by atoms with Crippen molar-refractivity contribution in [2.75, 3.05) is 19.1 Å².